The van der Waals surface area contributed by atoms with Gasteiger partial charge in [0.15, 0.2) is 0 Å². The summed E-state index contributed by atoms with van der Waals surface area (Å²) in [6, 6.07) is 12.9. The fourth-order valence-electron chi connectivity index (χ4n) is 3.31. The van der Waals surface area contributed by atoms with Crippen LogP contribution in [0.5, 0.6) is 0 Å². The minimum atomic E-state index is -0.301. The summed E-state index contributed by atoms with van der Waals surface area (Å²) in [5.74, 6) is 0. The molecule has 1 fully saturated rings. The lowest BCUT2D eigenvalue weighted by molar-refractivity contribution is 0.363. The fourth-order valence-corrected chi connectivity index (χ4v) is 3.31. The molecule has 1 aliphatic carbocycles. The fraction of sp³-hybridized carbons (Fsp3) is 0.471. The zero-order chi connectivity index (χ0) is 13.1. The van der Waals surface area contributed by atoms with Crippen LogP contribution in [0, 0.1) is 11.3 Å². The van der Waals surface area contributed by atoms with Crippen LogP contribution in [0.3, 0.4) is 0 Å². The molecular weight excluding hydrogens is 232 g/mol. The number of hydrogen-bond acceptors (Lipinski definition) is 2. The second-order valence-corrected chi connectivity index (χ2v) is 5.65. The first-order valence-corrected chi connectivity index (χ1v) is 7.25. The van der Waals surface area contributed by atoms with E-state index in [0.717, 1.165) is 19.3 Å². The van der Waals surface area contributed by atoms with Crippen molar-refractivity contribution in [3.05, 3.63) is 47.7 Å². The van der Waals surface area contributed by atoms with Gasteiger partial charge in [-0.2, -0.15) is 5.26 Å². The van der Waals surface area contributed by atoms with E-state index in [4.69, 9.17) is 0 Å². The molecule has 1 aromatic carbocycles. The van der Waals surface area contributed by atoms with E-state index in [-0.39, 0.29) is 5.41 Å². The average molecular weight is 252 g/mol. The number of likely N-dealkylation sites (tertiary alicyclic amines) is 1. The van der Waals surface area contributed by atoms with Crippen molar-refractivity contribution in [2.45, 2.75) is 37.5 Å². The minimum absolute atomic E-state index is 0.301. The zero-order valence-electron chi connectivity index (χ0n) is 11.3. The molecule has 3 rings (SSSR count). The lowest BCUT2D eigenvalue weighted by Gasteiger charge is -2.33. The van der Waals surface area contributed by atoms with Crippen LogP contribution >= 0.6 is 0 Å². The van der Waals surface area contributed by atoms with Crippen LogP contribution < -0.4 is 0 Å². The zero-order valence-corrected chi connectivity index (χ0v) is 11.3. The van der Waals surface area contributed by atoms with E-state index in [1.54, 1.807) is 0 Å². The molecule has 98 valence electrons. The third kappa shape index (κ3) is 2.26. The molecule has 1 atom stereocenters. The van der Waals surface area contributed by atoms with Crippen molar-refractivity contribution in [3.8, 4) is 6.07 Å². The molecule has 0 bridgehead atoms. The van der Waals surface area contributed by atoms with Crippen molar-refractivity contribution in [2.24, 2.45) is 0 Å². The molecule has 0 N–H and O–H groups in total. The van der Waals surface area contributed by atoms with Crippen molar-refractivity contribution in [3.63, 3.8) is 0 Å². The molecule has 0 aromatic heterocycles. The monoisotopic (exact) mass is 252 g/mol. The highest BCUT2D eigenvalue weighted by atomic mass is 15.1. The lowest BCUT2D eigenvalue weighted by Crippen LogP contribution is -2.30. The molecule has 1 aromatic rings. The molecule has 1 aliphatic heterocycles. The summed E-state index contributed by atoms with van der Waals surface area (Å²) < 4.78 is 0. The molecule has 1 unspecified atom stereocenters. The van der Waals surface area contributed by atoms with Gasteiger partial charge in [-0.05, 0) is 37.7 Å². The van der Waals surface area contributed by atoms with Gasteiger partial charge in [0.05, 0.1) is 11.5 Å². The molecule has 0 radical (unpaired) electrons. The van der Waals surface area contributed by atoms with Gasteiger partial charge < -0.3 is 4.90 Å². The Hall–Kier alpha value is -1.75. The van der Waals surface area contributed by atoms with E-state index in [0.29, 0.717) is 0 Å². The summed E-state index contributed by atoms with van der Waals surface area (Å²) >= 11 is 0. The molecule has 19 heavy (non-hydrogen) atoms. The lowest BCUT2D eigenvalue weighted by atomic mass is 9.72. The van der Waals surface area contributed by atoms with Crippen LogP contribution in [0.2, 0.25) is 0 Å². The summed E-state index contributed by atoms with van der Waals surface area (Å²) in [6.45, 7) is 2.41. The molecule has 1 saturated heterocycles. The molecule has 0 amide bonds. The quantitative estimate of drug-likeness (QED) is 0.804. The molecule has 2 heteroatoms. The first-order valence-electron chi connectivity index (χ1n) is 7.25. The van der Waals surface area contributed by atoms with Crippen LogP contribution in [0.25, 0.3) is 0 Å². The van der Waals surface area contributed by atoms with Crippen LogP contribution in [0.15, 0.2) is 42.1 Å². The number of nitrogens with zero attached hydrogens (tertiary/aromatic N) is 2. The van der Waals surface area contributed by atoms with Crippen LogP contribution in [0.1, 0.15) is 37.7 Å². The van der Waals surface area contributed by atoms with Gasteiger partial charge in [0.25, 0.3) is 0 Å². The number of hydrogen-bond donors (Lipinski definition) is 0. The minimum Gasteiger partial charge on any atom is -0.375 e. The number of benzene rings is 1. The van der Waals surface area contributed by atoms with Gasteiger partial charge in [0, 0.05) is 18.8 Å². The van der Waals surface area contributed by atoms with E-state index in [1.807, 2.05) is 18.2 Å². The predicted molar refractivity (Wildman–Crippen MR) is 76.5 cm³/mol. The summed E-state index contributed by atoms with van der Waals surface area (Å²) in [5.41, 5.74) is 2.35. The number of allylic oxidation sites excluding steroid dienone is 2. The van der Waals surface area contributed by atoms with E-state index in [2.05, 4.69) is 29.2 Å². The highest BCUT2D eigenvalue weighted by Gasteiger charge is 2.35. The first kappa shape index (κ1) is 12.3. The largest absolute Gasteiger partial charge is 0.375 e. The molecule has 0 saturated carbocycles. The van der Waals surface area contributed by atoms with Gasteiger partial charge in [-0.3, -0.25) is 0 Å². The Kier molecular flexibility index (Phi) is 3.29. The second-order valence-electron chi connectivity index (χ2n) is 5.65. The Morgan fingerprint density at radius 3 is 2.42 bits per heavy atom. The van der Waals surface area contributed by atoms with Gasteiger partial charge in [-0.1, -0.05) is 36.4 Å². The predicted octanol–water partition coefficient (Wildman–Crippen LogP) is 3.61. The average Bonchev–Trinajstić information content (AvgIpc) is 3.02. The summed E-state index contributed by atoms with van der Waals surface area (Å²) in [5, 5.41) is 9.65. The van der Waals surface area contributed by atoms with E-state index in [1.165, 1.54) is 37.2 Å². The molecule has 2 nitrogen and oxygen atoms in total. The number of nitriles is 1. The standard InChI is InChI=1S/C17H20N2/c18-14-17(15-6-2-1-3-7-15)10-8-16(9-11-17)19-12-4-5-13-19/h1-3,6-8H,4-5,9-13H2. The first-order chi connectivity index (χ1) is 9.34. The third-order valence-corrected chi connectivity index (χ3v) is 4.55. The molecule has 1 heterocycles. The van der Waals surface area contributed by atoms with Crippen molar-refractivity contribution >= 4 is 0 Å². The maximum absolute atomic E-state index is 9.65. The Labute approximate surface area is 115 Å². The summed E-state index contributed by atoms with van der Waals surface area (Å²) in [6.07, 6.45) is 7.81. The van der Waals surface area contributed by atoms with E-state index < -0.39 is 0 Å². The van der Waals surface area contributed by atoms with Crippen molar-refractivity contribution in [1.82, 2.24) is 4.90 Å². The normalized spacial score (nSPS) is 26.9. The van der Waals surface area contributed by atoms with E-state index >= 15 is 0 Å². The van der Waals surface area contributed by atoms with Crippen LogP contribution in [-0.2, 0) is 5.41 Å². The molecule has 0 spiro atoms. The van der Waals surface area contributed by atoms with Gasteiger partial charge >= 0.3 is 0 Å². The maximum Gasteiger partial charge on any atom is 0.0861 e. The van der Waals surface area contributed by atoms with Gasteiger partial charge in [0.2, 0.25) is 0 Å². The Balaban J connectivity index is 1.82. The van der Waals surface area contributed by atoms with Crippen LogP contribution in [0.4, 0.5) is 0 Å². The molecular formula is C17H20N2. The van der Waals surface area contributed by atoms with Crippen LogP contribution in [-0.4, -0.2) is 18.0 Å². The van der Waals surface area contributed by atoms with Crippen molar-refractivity contribution in [1.29, 1.82) is 5.26 Å². The van der Waals surface area contributed by atoms with Crippen molar-refractivity contribution < 1.29 is 0 Å². The van der Waals surface area contributed by atoms with Gasteiger partial charge in [-0.15, -0.1) is 0 Å². The maximum atomic E-state index is 9.65. The Morgan fingerprint density at radius 1 is 1.11 bits per heavy atom. The smallest absolute Gasteiger partial charge is 0.0861 e. The Morgan fingerprint density at radius 2 is 1.84 bits per heavy atom. The topological polar surface area (TPSA) is 27.0 Å². The van der Waals surface area contributed by atoms with Crippen molar-refractivity contribution in [2.75, 3.05) is 13.1 Å². The Bertz CT molecular complexity index is 506. The summed E-state index contributed by atoms with van der Waals surface area (Å²) in [7, 11) is 0. The SMILES string of the molecule is N#CC1(c2ccccc2)CC=C(N2CCCC2)CC1. The molecule has 2 aliphatic rings. The second kappa shape index (κ2) is 5.09. The highest BCUT2D eigenvalue weighted by Crippen LogP contribution is 2.39. The summed E-state index contributed by atoms with van der Waals surface area (Å²) in [4.78, 5) is 2.51. The highest BCUT2D eigenvalue weighted by molar-refractivity contribution is 5.35. The number of rotatable bonds is 2. The third-order valence-electron chi connectivity index (χ3n) is 4.55. The van der Waals surface area contributed by atoms with Gasteiger partial charge in [0.1, 0.15) is 0 Å². The van der Waals surface area contributed by atoms with Gasteiger partial charge in [-0.25, -0.2) is 0 Å². The van der Waals surface area contributed by atoms with E-state index in [9.17, 15) is 5.26 Å².